The van der Waals surface area contributed by atoms with Crippen LogP contribution < -0.4 is 15.8 Å². The second-order valence-corrected chi connectivity index (χ2v) is 5.79. The second-order valence-electron chi connectivity index (χ2n) is 4.05. The number of nitrogens with two attached hydrogens (primary N) is 1. The molecule has 1 saturated heterocycles. The fourth-order valence-electron chi connectivity index (χ4n) is 1.70. The number of carbonyl (C=O) groups is 1. The molecule has 0 aliphatic carbocycles. The number of nitrogens with one attached hydrogen (secondary N) is 2. The van der Waals surface area contributed by atoms with Crippen molar-refractivity contribution in [2.45, 2.75) is 19.3 Å². The fraction of sp³-hybridized carbons (Fsp3) is 0.889. The predicted molar refractivity (Wildman–Crippen MR) is 61.2 cm³/mol. The quantitative estimate of drug-likeness (QED) is 0.532. The van der Waals surface area contributed by atoms with Crippen LogP contribution in [0.1, 0.15) is 19.3 Å². The van der Waals surface area contributed by atoms with Crippen LogP contribution in [0, 0.1) is 5.92 Å². The largest absolute Gasteiger partial charge is 0.356 e. The van der Waals surface area contributed by atoms with Crippen LogP contribution in [0.4, 0.5) is 0 Å². The van der Waals surface area contributed by atoms with Crippen molar-refractivity contribution in [2.24, 2.45) is 11.1 Å². The first-order valence-electron chi connectivity index (χ1n) is 5.48. The summed E-state index contributed by atoms with van der Waals surface area (Å²) in [6, 6.07) is 0. The zero-order chi connectivity index (χ0) is 12.0. The summed E-state index contributed by atoms with van der Waals surface area (Å²) in [5, 5.41) is 10.7. The average molecular weight is 249 g/mol. The minimum Gasteiger partial charge on any atom is -0.356 e. The molecule has 1 amide bonds. The molecule has 1 atom stereocenters. The van der Waals surface area contributed by atoms with Gasteiger partial charge < -0.3 is 10.6 Å². The average Bonchev–Trinajstić information content (AvgIpc) is 2.24. The first-order chi connectivity index (χ1) is 7.49. The van der Waals surface area contributed by atoms with Gasteiger partial charge in [0.15, 0.2) is 0 Å². The monoisotopic (exact) mass is 249 g/mol. The highest BCUT2D eigenvalue weighted by Gasteiger charge is 2.20. The normalized spacial score (nSPS) is 21.7. The lowest BCUT2D eigenvalue weighted by Crippen LogP contribution is -2.41. The van der Waals surface area contributed by atoms with Gasteiger partial charge in [-0.15, -0.1) is 0 Å². The maximum absolute atomic E-state index is 11.6. The van der Waals surface area contributed by atoms with Gasteiger partial charge in [-0.3, -0.25) is 4.79 Å². The molecular weight excluding hydrogens is 230 g/mol. The summed E-state index contributed by atoms with van der Waals surface area (Å²) in [6.07, 6.45) is 2.27. The molecule has 7 heteroatoms. The number of rotatable bonds is 5. The summed E-state index contributed by atoms with van der Waals surface area (Å²) >= 11 is 0. The molecule has 16 heavy (non-hydrogen) atoms. The van der Waals surface area contributed by atoms with Crippen molar-refractivity contribution in [3.8, 4) is 0 Å². The van der Waals surface area contributed by atoms with E-state index in [9.17, 15) is 13.2 Å². The first kappa shape index (κ1) is 13.4. The molecule has 0 radical (unpaired) electrons. The van der Waals surface area contributed by atoms with Crippen LogP contribution in [-0.2, 0) is 14.8 Å². The van der Waals surface area contributed by atoms with E-state index in [1.807, 2.05) is 0 Å². The number of piperidine rings is 1. The van der Waals surface area contributed by atoms with E-state index < -0.39 is 10.0 Å². The third kappa shape index (κ3) is 5.43. The molecule has 6 nitrogen and oxygen atoms in total. The maximum Gasteiger partial charge on any atom is 0.224 e. The fourth-order valence-corrected chi connectivity index (χ4v) is 2.25. The van der Waals surface area contributed by atoms with Crippen LogP contribution in [0.3, 0.4) is 0 Å². The smallest absolute Gasteiger partial charge is 0.224 e. The highest BCUT2D eigenvalue weighted by atomic mass is 32.2. The van der Waals surface area contributed by atoms with Gasteiger partial charge in [0.25, 0.3) is 0 Å². The number of amides is 1. The third-order valence-electron chi connectivity index (χ3n) is 2.57. The van der Waals surface area contributed by atoms with Crippen LogP contribution >= 0.6 is 0 Å². The number of hydrogen-bond donors (Lipinski definition) is 3. The van der Waals surface area contributed by atoms with Gasteiger partial charge >= 0.3 is 0 Å². The molecular formula is C9H19N3O3S. The van der Waals surface area contributed by atoms with Gasteiger partial charge in [0, 0.05) is 13.1 Å². The molecule has 0 aromatic carbocycles. The van der Waals surface area contributed by atoms with Gasteiger partial charge in [-0.2, -0.15) is 0 Å². The molecule has 1 rings (SSSR count). The van der Waals surface area contributed by atoms with E-state index in [4.69, 9.17) is 5.14 Å². The van der Waals surface area contributed by atoms with Crippen molar-refractivity contribution in [2.75, 3.05) is 25.4 Å². The molecule has 1 fully saturated rings. The van der Waals surface area contributed by atoms with Crippen LogP contribution in [0.15, 0.2) is 0 Å². The molecule has 0 aromatic heterocycles. The molecule has 0 spiro atoms. The Labute approximate surface area is 96.0 Å². The molecule has 1 aliphatic rings. The van der Waals surface area contributed by atoms with E-state index in [1.54, 1.807) is 0 Å². The van der Waals surface area contributed by atoms with Gasteiger partial charge in [-0.05, 0) is 25.8 Å². The summed E-state index contributed by atoms with van der Waals surface area (Å²) in [5.74, 6) is -0.0687. The first-order valence-corrected chi connectivity index (χ1v) is 7.19. The van der Waals surface area contributed by atoms with Gasteiger partial charge in [0.2, 0.25) is 15.9 Å². The molecule has 0 bridgehead atoms. The lowest BCUT2D eigenvalue weighted by Gasteiger charge is -2.21. The van der Waals surface area contributed by atoms with Gasteiger partial charge in [-0.1, -0.05) is 0 Å². The molecule has 94 valence electrons. The van der Waals surface area contributed by atoms with Gasteiger partial charge in [-0.25, -0.2) is 13.6 Å². The second kappa shape index (κ2) is 6.17. The predicted octanol–water partition coefficient (Wildman–Crippen LogP) is -1.22. The van der Waals surface area contributed by atoms with Crippen LogP contribution in [0.5, 0.6) is 0 Å². The molecule has 4 N–H and O–H groups in total. The lowest BCUT2D eigenvalue weighted by atomic mass is 9.99. The minimum atomic E-state index is -3.41. The highest BCUT2D eigenvalue weighted by Crippen LogP contribution is 2.09. The topological polar surface area (TPSA) is 101 Å². The number of primary sulfonamides is 1. The Kier molecular flexibility index (Phi) is 5.17. The van der Waals surface area contributed by atoms with Crippen LogP contribution in [-0.4, -0.2) is 39.7 Å². The Hall–Kier alpha value is -0.660. The molecule has 1 heterocycles. The zero-order valence-corrected chi connectivity index (χ0v) is 10.1. The van der Waals surface area contributed by atoms with Crippen LogP contribution in [0.25, 0.3) is 0 Å². The van der Waals surface area contributed by atoms with E-state index >= 15 is 0 Å². The Morgan fingerprint density at radius 3 is 2.81 bits per heavy atom. The van der Waals surface area contributed by atoms with Crippen molar-refractivity contribution in [3.63, 3.8) is 0 Å². The van der Waals surface area contributed by atoms with E-state index in [0.717, 1.165) is 19.4 Å². The van der Waals surface area contributed by atoms with E-state index in [2.05, 4.69) is 10.6 Å². The summed E-state index contributed by atoms with van der Waals surface area (Å²) in [6.45, 7) is 2.04. The SMILES string of the molecule is NS(=O)(=O)CCCNC(=O)C1CCCNC1. The molecule has 1 unspecified atom stereocenters. The van der Waals surface area contributed by atoms with Crippen molar-refractivity contribution in [1.29, 1.82) is 0 Å². The summed E-state index contributed by atoms with van der Waals surface area (Å²) < 4.78 is 21.3. The standard InChI is InChI=1S/C9H19N3O3S/c10-16(14,15)6-2-5-12-9(13)8-3-1-4-11-7-8/h8,11H,1-7H2,(H,12,13)(H2,10,14,15). The molecule has 0 saturated carbocycles. The van der Waals surface area contributed by atoms with E-state index in [-0.39, 0.29) is 17.6 Å². The number of carbonyl (C=O) groups excluding carboxylic acids is 1. The van der Waals surface area contributed by atoms with Gasteiger partial charge in [0.05, 0.1) is 11.7 Å². The van der Waals surface area contributed by atoms with Crippen LogP contribution in [0.2, 0.25) is 0 Å². The summed E-state index contributed by atoms with van der Waals surface area (Å²) in [7, 11) is -3.41. The Morgan fingerprint density at radius 2 is 2.25 bits per heavy atom. The number of sulfonamides is 1. The van der Waals surface area contributed by atoms with Crippen molar-refractivity contribution < 1.29 is 13.2 Å². The van der Waals surface area contributed by atoms with E-state index in [1.165, 1.54) is 0 Å². The summed E-state index contributed by atoms with van der Waals surface area (Å²) in [4.78, 5) is 11.6. The van der Waals surface area contributed by atoms with Crippen molar-refractivity contribution in [1.82, 2.24) is 10.6 Å². The van der Waals surface area contributed by atoms with Gasteiger partial charge in [0.1, 0.15) is 0 Å². The highest BCUT2D eigenvalue weighted by molar-refractivity contribution is 7.89. The number of hydrogen-bond acceptors (Lipinski definition) is 4. The Balaban J connectivity index is 2.14. The lowest BCUT2D eigenvalue weighted by molar-refractivity contribution is -0.125. The third-order valence-corrected chi connectivity index (χ3v) is 3.43. The summed E-state index contributed by atoms with van der Waals surface area (Å²) in [5.41, 5.74) is 0. The maximum atomic E-state index is 11.6. The Morgan fingerprint density at radius 1 is 1.50 bits per heavy atom. The molecule has 1 aliphatic heterocycles. The van der Waals surface area contributed by atoms with Crippen molar-refractivity contribution >= 4 is 15.9 Å². The van der Waals surface area contributed by atoms with E-state index in [0.29, 0.717) is 19.5 Å². The Bertz CT molecular complexity index is 323. The molecule has 0 aromatic rings. The zero-order valence-electron chi connectivity index (χ0n) is 9.24. The minimum absolute atomic E-state index is 0.00150. The van der Waals surface area contributed by atoms with Crippen molar-refractivity contribution in [3.05, 3.63) is 0 Å².